The molecule has 0 bridgehead atoms. The highest BCUT2D eigenvalue weighted by Gasteiger charge is 2.09. The van der Waals surface area contributed by atoms with Gasteiger partial charge in [0.1, 0.15) is 5.75 Å². The summed E-state index contributed by atoms with van der Waals surface area (Å²) in [5, 5.41) is 2.83. The Labute approximate surface area is 167 Å². The van der Waals surface area contributed by atoms with Gasteiger partial charge in [0.25, 0.3) is 5.91 Å². The summed E-state index contributed by atoms with van der Waals surface area (Å²) in [5.41, 5.74) is 2.89. The fourth-order valence-corrected chi connectivity index (χ4v) is 2.94. The van der Waals surface area contributed by atoms with E-state index in [4.69, 9.17) is 4.74 Å². The molecule has 0 aliphatic rings. The Balaban J connectivity index is 1.60. The summed E-state index contributed by atoms with van der Waals surface area (Å²) in [6, 6.07) is 25.4. The van der Waals surface area contributed by atoms with Crippen molar-refractivity contribution in [2.24, 2.45) is 0 Å². The molecule has 0 heterocycles. The number of hydrogen-bond donors (Lipinski definition) is 1. The number of para-hydroxylation sites is 2. The van der Waals surface area contributed by atoms with Crippen LogP contribution in [0.15, 0.2) is 83.3 Å². The fraction of sp³-hybridized carbons (Fsp3) is 0.136. The molecule has 1 amide bonds. The van der Waals surface area contributed by atoms with Gasteiger partial charge in [-0.1, -0.05) is 52.3 Å². The monoisotopic (exact) mass is 424 g/mol. The minimum absolute atomic E-state index is 0.0396. The van der Waals surface area contributed by atoms with E-state index >= 15 is 0 Å². The van der Waals surface area contributed by atoms with Gasteiger partial charge in [-0.2, -0.15) is 0 Å². The van der Waals surface area contributed by atoms with Gasteiger partial charge >= 0.3 is 0 Å². The maximum Gasteiger partial charge on any atom is 0.262 e. The second kappa shape index (κ2) is 9.24. The second-order valence-corrected chi connectivity index (χ2v) is 7.06. The van der Waals surface area contributed by atoms with Gasteiger partial charge in [-0.3, -0.25) is 4.79 Å². The number of carbonyl (C=O) groups is 1. The Bertz CT molecular complexity index is 882. The van der Waals surface area contributed by atoms with Gasteiger partial charge in [0.15, 0.2) is 6.61 Å². The summed E-state index contributed by atoms with van der Waals surface area (Å²) in [6.07, 6.45) is 0. The lowest BCUT2D eigenvalue weighted by Crippen LogP contribution is -2.21. The summed E-state index contributed by atoms with van der Waals surface area (Å²) in [7, 11) is 2.03. The minimum Gasteiger partial charge on any atom is -0.483 e. The molecule has 0 saturated heterocycles. The van der Waals surface area contributed by atoms with Crippen molar-refractivity contribution in [2.75, 3.05) is 23.9 Å². The molecule has 5 heteroatoms. The van der Waals surface area contributed by atoms with Gasteiger partial charge in [0.2, 0.25) is 0 Å². The van der Waals surface area contributed by atoms with E-state index in [-0.39, 0.29) is 12.5 Å². The van der Waals surface area contributed by atoms with E-state index in [1.54, 1.807) is 0 Å². The highest BCUT2D eigenvalue weighted by Crippen LogP contribution is 2.22. The maximum absolute atomic E-state index is 12.2. The summed E-state index contributed by atoms with van der Waals surface area (Å²) < 4.78 is 6.75. The Hall–Kier alpha value is -2.79. The van der Waals surface area contributed by atoms with Gasteiger partial charge in [-0.15, -0.1) is 0 Å². The lowest BCUT2D eigenvalue weighted by molar-refractivity contribution is -0.118. The molecular formula is C22H21BrN2O2. The van der Waals surface area contributed by atoms with Crippen molar-refractivity contribution in [1.82, 2.24) is 0 Å². The summed E-state index contributed by atoms with van der Waals surface area (Å²) in [6.45, 7) is 0.649. The minimum atomic E-state index is -0.191. The molecular weight excluding hydrogens is 404 g/mol. The predicted molar refractivity (Wildman–Crippen MR) is 113 cm³/mol. The molecule has 0 fully saturated rings. The average Bonchev–Trinajstić information content (AvgIpc) is 2.70. The Kier molecular flexibility index (Phi) is 6.49. The quantitative estimate of drug-likeness (QED) is 0.573. The van der Waals surface area contributed by atoms with Crippen LogP contribution in [-0.2, 0) is 11.3 Å². The number of halogens is 1. The van der Waals surface area contributed by atoms with Gasteiger partial charge in [-0.05, 0) is 42.5 Å². The van der Waals surface area contributed by atoms with Crippen LogP contribution in [0.5, 0.6) is 5.75 Å². The first-order chi connectivity index (χ1) is 13.1. The SMILES string of the molecule is CN(Cc1ccccc1OCC(=O)Nc1ccc(Br)cc1)c1ccccc1. The topological polar surface area (TPSA) is 41.6 Å². The number of benzene rings is 3. The number of carbonyl (C=O) groups excluding carboxylic acids is 1. The molecule has 0 atom stereocenters. The van der Waals surface area contributed by atoms with Crippen molar-refractivity contribution < 1.29 is 9.53 Å². The predicted octanol–water partition coefficient (Wildman–Crippen LogP) is 5.10. The standard InChI is InChI=1S/C22H21BrN2O2/c1-25(20-8-3-2-4-9-20)15-17-7-5-6-10-21(17)27-16-22(26)24-19-13-11-18(23)12-14-19/h2-14H,15-16H2,1H3,(H,24,26). The van der Waals surface area contributed by atoms with Crippen LogP contribution in [-0.4, -0.2) is 19.6 Å². The Morgan fingerprint density at radius 1 is 0.963 bits per heavy atom. The molecule has 4 nitrogen and oxygen atoms in total. The third kappa shape index (κ3) is 5.59. The molecule has 3 aromatic rings. The van der Waals surface area contributed by atoms with Crippen LogP contribution in [0.25, 0.3) is 0 Å². The first-order valence-corrected chi connectivity index (χ1v) is 9.43. The Morgan fingerprint density at radius 3 is 2.37 bits per heavy atom. The summed E-state index contributed by atoms with van der Waals surface area (Å²) in [4.78, 5) is 14.3. The molecule has 0 unspecified atom stereocenters. The molecule has 3 rings (SSSR count). The van der Waals surface area contributed by atoms with Crippen LogP contribution < -0.4 is 15.0 Å². The van der Waals surface area contributed by atoms with E-state index in [1.807, 2.05) is 73.8 Å². The molecule has 0 radical (unpaired) electrons. The number of amides is 1. The third-order valence-electron chi connectivity index (χ3n) is 4.06. The maximum atomic E-state index is 12.2. The molecule has 0 aliphatic heterocycles. The van der Waals surface area contributed by atoms with Crippen molar-refractivity contribution in [3.63, 3.8) is 0 Å². The third-order valence-corrected chi connectivity index (χ3v) is 4.59. The number of anilines is 2. The first kappa shape index (κ1) is 19.0. The highest BCUT2D eigenvalue weighted by atomic mass is 79.9. The Morgan fingerprint density at radius 2 is 1.63 bits per heavy atom. The van der Waals surface area contributed by atoms with Crippen LogP contribution in [0.2, 0.25) is 0 Å². The van der Waals surface area contributed by atoms with E-state index in [9.17, 15) is 4.79 Å². The van der Waals surface area contributed by atoms with Crippen LogP contribution in [0, 0.1) is 0 Å². The zero-order valence-corrected chi connectivity index (χ0v) is 16.6. The number of hydrogen-bond acceptors (Lipinski definition) is 3. The van der Waals surface area contributed by atoms with E-state index in [0.717, 1.165) is 21.4 Å². The summed E-state index contributed by atoms with van der Waals surface area (Å²) in [5.74, 6) is 0.523. The van der Waals surface area contributed by atoms with E-state index in [2.05, 4.69) is 38.3 Å². The zero-order chi connectivity index (χ0) is 19.1. The summed E-state index contributed by atoms with van der Waals surface area (Å²) >= 11 is 3.38. The van der Waals surface area contributed by atoms with Gasteiger partial charge in [-0.25, -0.2) is 0 Å². The van der Waals surface area contributed by atoms with Crippen LogP contribution in [0.3, 0.4) is 0 Å². The number of rotatable bonds is 7. The van der Waals surface area contributed by atoms with Crippen LogP contribution >= 0.6 is 15.9 Å². The fourth-order valence-electron chi connectivity index (χ4n) is 2.68. The molecule has 138 valence electrons. The van der Waals surface area contributed by atoms with E-state index in [1.165, 1.54) is 0 Å². The number of nitrogens with one attached hydrogen (secondary N) is 1. The molecule has 1 N–H and O–H groups in total. The van der Waals surface area contributed by atoms with Crippen molar-refractivity contribution in [1.29, 1.82) is 0 Å². The average molecular weight is 425 g/mol. The van der Waals surface area contributed by atoms with Gasteiger partial charge < -0.3 is 15.0 Å². The lowest BCUT2D eigenvalue weighted by Gasteiger charge is -2.21. The normalized spacial score (nSPS) is 10.3. The smallest absolute Gasteiger partial charge is 0.262 e. The number of nitrogens with zero attached hydrogens (tertiary/aromatic N) is 1. The lowest BCUT2D eigenvalue weighted by atomic mass is 10.2. The van der Waals surface area contributed by atoms with Crippen LogP contribution in [0.1, 0.15) is 5.56 Å². The highest BCUT2D eigenvalue weighted by molar-refractivity contribution is 9.10. The van der Waals surface area contributed by atoms with Crippen molar-refractivity contribution in [3.8, 4) is 5.75 Å². The molecule has 0 spiro atoms. The first-order valence-electron chi connectivity index (χ1n) is 8.64. The molecule has 0 aromatic heterocycles. The molecule has 0 saturated carbocycles. The van der Waals surface area contributed by atoms with E-state index < -0.39 is 0 Å². The second-order valence-electron chi connectivity index (χ2n) is 6.14. The molecule has 0 aliphatic carbocycles. The zero-order valence-electron chi connectivity index (χ0n) is 15.1. The molecule has 27 heavy (non-hydrogen) atoms. The molecule has 3 aromatic carbocycles. The van der Waals surface area contributed by atoms with Gasteiger partial charge in [0, 0.05) is 35.0 Å². The van der Waals surface area contributed by atoms with Crippen molar-refractivity contribution in [3.05, 3.63) is 88.9 Å². The van der Waals surface area contributed by atoms with Gasteiger partial charge in [0.05, 0.1) is 0 Å². The van der Waals surface area contributed by atoms with Crippen LogP contribution in [0.4, 0.5) is 11.4 Å². The van der Waals surface area contributed by atoms with Crippen molar-refractivity contribution in [2.45, 2.75) is 6.54 Å². The number of ether oxygens (including phenoxy) is 1. The van der Waals surface area contributed by atoms with E-state index in [0.29, 0.717) is 12.3 Å². The largest absolute Gasteiger partial charge is 0.483 e. The van der Waals surface area contributed by atoms with Crippen molar-refractivity contribution >= 4 is 33.2 Å².